The van der Waals surface area contributed by atoms with Crippen molar-refractivity contribution in [3.05, 3.63) is 70.0 Å². The third-order valence-corrected chi connectivity index (χ3v) is 3.70. The van der Waals surface area contributed by atoms with E-state index in [9.17, 15) is 4.39 Å². The summed E-state index contributed by atoms with van der Waals surface area (Å²) in [6.07, 6.45) is 0. The van der Waals surface area contributed by atoms with Crippen LogP contribution in [0.1, 0.15) is 33.2 Å². The maximum atomic E-state index is 13.6. The van der Waals surface area contributed by atoms with Crippen LogP contribution in [0.4, 0.5) is 4.39 Å². The smallest absolute Gasteiger partial charge is 0.129 e. The number of aryl methyl sites for hydroxylation is 3. The van der Waals surface area contributed by atoms with Gasteiger partial charge in [0.2, 0.25) is 0 Å². The molecule has 0 amide bonds. The zero-order valence-electron chi connectivity index (χ0n) is 10.8. The van der Waals surface area contributed by atoms with E-state index in [-0.39, 0.29) is 11.2 Å². The highest BCUT2D eigenvalue weighted by molar-refractivity contribution is 6.22. The molecule has 0 aromatic heterocycles. The lowest BCUT2D eigenvalue weighted by Crippen LogP contribution is -1.99. The van der Waals surface area contributed by atoms with Crippen LogP contribution < -0.4 is 0 Å². The second kappa shape index (κ2) is 5.11. The first-order valence-corrected chi connectivity index (χ1v) is 6.40. The lowest BCUT2D eigenvalue weighted by atomic mass is 9.97. The van der Waals surface area contributed by atoms with Gasteiger partial charge in [0.25, 0.3) is 0 Å². The fourth-order valence-corrected chi connectivity index (χ4v) is 2.55. The summed E-state index contributed by atoms with van der Waals surface area (Å²) in [5.74, 6) is -0.146. The largest absolute Gasteiger partial charge is 0.206 e. The molecule has 0 aliphatic rings. The van der Waals surface area contributed by atoms with Crippen molar-refractivity contribution in [1.29, 1.82) is 0 Å². The van der Waals surface area contributed by atoms with E-state index in [1.807, 2.05) is 43.3 Å². The number of hydrogen-bond acceptors (Lipinski definition) is 0. The molecule has 18 heavy (non-hydrogen) atoms. The number of halogens is 2. The summed E-state index contributed by atoms with van der Waals surface area (Å²) in [4.78, 5) is 0. The summed E-state index contributed by atoms with van der Waals surface area (Å²) in [5.41, 5.74) is 4.46. The van der Waals surface area contributed by atoms with Gasteiger partial charge in [0, 0.05) is 0 Å². The quantitative estimate of drug-likeness (QED) is 0.662. The highest BCUT2D eigenvalue weighted by atomic mass is 35.5. The number of rotatable bonds is 2. The van der Waals surface area contributed by atoms with Crippen molar-refractivity contribution in [1.82, 2.24) is 0 Å². The van der Waals surface area contributed by atoms with Crippen molar-refractivity contribution >= 4 is 11.6 Å². The van der Waals surface area contributed by atoms with E-state index in [1.165, 1.54) is 0 Å². The fourth-order valence-electron chi connectivity index (χ4n) is 2.18. The van der Waals surface area contributed by atoms with Gasteiger partial charge in [0.1, 0.15) is 5.82 Å². The van der Waals surface area contributed by atoms with Crippen LogP contribution in [0.2, 0.25) is 0 Å². The van der Waals surface area contributed by atoms with E-state index in [4.69, 9.17) is 11.6 Å². The Morgan fingerprint density at radius 2 is 1.50 bits per heavy atom. The lowest BCUT2D eigenvalue weighted by molar-refractivity contribution is 0.608. The van der Waals surface area contributed by atoms with Crippen LogP contribution >= 0.6 is 11.6 Å². The first kappa shape index (κ1) is 13.1. The van der Waals surface area contributed by atoms with Crippen LogP contribution in [-0.2, 0) is 0 Å². The van der Waals surface area contributed by atoms with E-state index in [0.717, 1.165) is 16.7 Å². The highest BCUT2D eigenvalue weighted by Gasteiger charge is 2.15. The molecule has 0 aliphatic heterocycles. The zero-order valence-corrected chi connectivity index (χ0v) is 11.6. The molecule has 2 aromatic carbocycles. The van der Waals surface area contributed by atoms with Crippen LogP contribution in [0, 0.1) is 26.6 Å². The third-order valence-electron chi connectivity index (χ3n) is 3.21. The summed E-state index contributed by atoms with van der Waals surface area (Å²) in [5, 5.41) is -0.232. The van der Waals surface area contributed by atoms with E-state index in [1.54, 1.807) is 13.8 Å². The topological polar surface area (TPSA) is 0 Å². The van der Waals surface area contributed by atoms with Gasteiger partial charge in [-0.1, -0.05) is 36.4 Å². The van der Waals surface area contributed by atoms with E-state index in [0.29, 0.717) is 11.1 Å². The van der Waals surface area contributed by atoms with Gasteiger partial charge in [0.05, 0.1) is 5.38 Å². The minimum atomic E-state index is -0.232. The molecule has 94 valence electrons. The molecule has 2 aromatic rings. The second-order valence-electron chi connectivity index (χ2n) is 4.69. The fraction of sp³-hybridized carbons (Fsp3) is 0.250. The molecular formula is C16H16ClF. The molecule has 1 atom stereocenters. The van der Waals surface area contributed by atoms with Crippen molar-refractivity contribution in [2.24, 2.45) is 0 Å². The van der Waals surface area contributed by atoms with Crippen molar-refractivity contribution in [2.45, 2.75) is 26.1 Å². The monoisotopic (exact) mass is 262 g/mol. The Morgan fingerprint density at radius 1 is 0.944 bits per heavy atom. The van der Waals surface area contributed by atoms with Crippen molar-refractivity contribution in [3.8, 4) is 0 Å². The van der Waals surface area contributed by atoms with E-state index < -0.39 is 0 Å². The van der Waals surface area contributed by atoms with Crippen molar-refractivity contribution < 1.29 is 4.39 Å². The molecule has 0 fully saturated rings. The Labute approximate surface area is 112 Å². The summed E-state index contributed by atoms with van der Waals surface area (Å²) in [7, 11) is 0. The lowest BCUT2D eigenvalue weighted by Gasteiger charge is -2.15. The first-order chi connectivity index (χ1) is 8.50. The molecule has 0 aliphatic carbocycles. The molecule has 0 N–H and O–H groups in total. The van der Waals surface area contributed by atoms with Crippen LogP contribution in [0.25, 0.3) is 0 Å². The Balaban J connectivity index is 2.47. The molecule has 0 spiro atoms. The van der Waals surface area contributed by atoms with Crippen LogP contribution in [0.5, 0.6) is 0 Å². The van der Waals surface area contributed by atoms with Gasteiger partial charge in [-0.25, -0.2) is 4.39 Å². The Morgan fingerprint density at radius 3 is 2.06 bits per heavy atom. The average Bonchev–Trinajstić information content (AvgIpc) is 2.35. The minimum Gasteiger partial charge on any atom is -0.206 e. The van der Waals surface area contributed by atoms with Gasteiger partial charge < -0.3 is 0 Å². The Bertz CT molecular complexity index is 552. The van der Waals surface area contributed by atoms with E-state index in [2.05, 4.69) is 0 Å². The maximum Gasteiger partial charge on any atom is 0.129 e. The van der Waals surface area contributed by atoms with Crippen LogP contribution in [0.3, 0.4) is 0 Å². The van der Waals surface area contributed by atoms with Gasteiger partial charge in [-0.05, 0) is 48.6 Å². The first-order valence-electron chi connectivity index (χ1n) is 5.97. The standard InChI is InChI=1S/C16H16ClF/c1-10-6-4-5-7-14(10)15(17)13-8-11(2)16(18)12(3)9-13/h4-9,15H,1-3H3. The maximum absolute atomic E-state index is 13.6. The number of alkyl halides is 1. The number of benzene rings is 2. The van der Waals surface area contributed by atoms with Gasteiger partial charge in [-0.3, -0.25) is 0 Å². The number of hydrogen-bond donors (Lipinski definition) is 0. The third kappa shape index (κ3) is 2.41. The van der Waals surface area contributed by atoms with Gasteiger partial charge in [-0.15, -0.1) is 11.6 Å². The summed E-state index contributed by atoms with van der Waals surface area (Å²) < 4.78 is 13.6. The second-order valence-corrected chi connectivity index (χ2v) is 5.12. The Kier molecular flexibility index (Phi) is 3.72. The molecule has 0 radical (unpaired) electrons. The van der Waals surface area contributed by atoms with Crippen molar-refractivity contribution in [2.75, 3.05) is 0 Å². The predicted molar refractivity (Wildman–Crippen MR) is 74.7 cm³/mol. The predicted octanol–water partition coefficient (Wildman–Crippen LogP) is 5.08. The van der Waals surface area contributed by atoms with Crippen LogP contribution in [0.15, 0.2) is 36.4 Å². The van der Waals surface area contributed by atoms with Crippen LogP contribution in [-0.4, -0.2) is 0 Å². The SMILES string of the molecule is Cc1ccccc1C(Cl)c1cc(C)c(F)c(C)c1. The molecule has 0 saturated heterocycles. The molecule has 0 heterocycles. The normalized spacial score (nSPS) is 12.5. The van der Waals surface area contributed by atoms with Crippen molar-refractivity contribution in [3.63, 3.8) is 0 Å². The summed E-state index contributed by atoms with van der Waals surface area (Å²) >= 11 is 6.51. The average molecular weight is 263 g/mol. The summed E-state index contributed by atoms with van der Waals surface area (Å²) in [6.45, 7) is 5.58. The minimum absolute atomic E-state index is 0.146. The molecule has 2 heteroatoms. The highest BCUT2D eigenvalue weighted by Crippen LogP contribution is 2.32. The van der Waals surface area contributed by atoms with Gasteiger partial charge in [-0.2, -0.15) is 0 Å². The van der Waals surface area contributed by atoms with Gasteiger partial charge in [0.15, 0.2) is 0 Å². The molecule has 0 saturated carbocycles. The molecule has 1 unspecified atom stereocenters. The van der Waals surface area contributed by atoms with Gasteiger partial charge >= 0.3 is 0 Å². The molecule has 0 nitrogen and oxygen atoms in total. The summed E-state index contributed by atoms with van der Waals surface area (Å²) in [6, 6.07) is 11.7. The van der Waals surface area contributed by atoms with E-state index >= 15 is 0 Å². The Hall–Kier alpha value is -1.34. The molecular weight excluding hydrogens is 247 g/mol. The molecule has 2 rings (SSSR count). The zero-order chi connectivity index (χ0) is 13.3. The molecule has 0 bridgehead atoms.